The summed E-state index contributed by atoms with van der Waals surface area (Å²) >= 11 is 1.49. The molecule has 0 saturated heterocycles. The van der Waals surface area contributed by atoms with E-state index in [9.17, 15) is 0 Å². The lowest BCUT2D eigenvalue weighted by molar-refractivity contribution is 0.459. The molecular formula is C36H21N7OS. The van der Waals surface area contributed by atoms with Crippen molar-refractivity contribution in [3.8, 4) is 45.3 Å². The summed E-state index contributed by atoms with van der Waals surface area (Å²) < 4.78 is 12.1. The Balaban J connectivity index is 1.40. The highest BCUT2D eigenvalue weighted by Crippen LogP contribution is 2.49. The fourth-order valence-corrected chi connectivity index (χ4v) is 7.29. The molecular weight excluding hydrogens is 579 g/mol. The number of hydrogen-bond acceptors (Lipinski definition) is 6. The number of aromatic amines is 3. The Kier molecular flexibility index (Phi) is 5.00. The van der Waals surface area contributed by atoms with Gasteiger partial charge in [0.2, 0.25) is 0 Å². The van der Waals surface area contributed by atoms with E-state index >= 15 is 0 Å². The van der Waals surface area contributed by atoms with Crippen LogP contribution in [0.15, 0.2) is 114 Å². The van der Waals surface area contributed by atoms with Crippen LogP contribution >= 0.6 is 11.5 Å². The van der Waals surface area contributed by atoms with Crippen LogP contribution in [0, 0.1) is 0 Å². The van der Waals surface area contributed by atoms with Crippen LogP contribution in [0.4, 0.5) is 0 Å². The molecule has 5 heterocycles. The molecule has 0 unspecified atom stereocenters. The minimum atomic E-state index is 0.717. The van der Waals surface area contributed by atoms with E-state index in [0.717, 1.165) is 99.2 Å². The third-order valence-electron chi connectivity index (χ3n) is 8.55. The Hall–Kier alpha value is -6.06. The first kappa shape index (κ1) is 24.4. The highest BCUT2D eigenvalue weighted by Gasteiger charge is 2.28. The van der Waals surface area contributed by atoms with Crippen molar-refractivity contribution in [1.29, 1.82) is 0 Å². The quantitative estimate of drug-likeness (QED) is 0.187. The summed E-state index contributed by atoms with van der Waals surface area (Å²) in [4.78, 5) is 12.3. The minimum Gasteiger partial charge on any atom is -0.356 e. The molecule has 10 rings (SSSR count). The molecule has 0 atom stereocenters. The van der Waals surface area contributed by atoms with Crippen LogP contribution in [0.1, 0.15) is 0 Å². The number of benzene rings is 5. The van der Waals surface area contributed by atoms with Crippen LogP contribution in [0.2, 0.25) is 0 Å². The zero-order valence-corrected chi connectivity index (χ0v) is 24.3. The Bertz CT molecular complexity index is 2710. The maximum absolute atomic E-state index is 5.92. The second kappa shape index (κ2) is 9.22. The van der Waals surface area contributed by atoms with Gasteiger partial charge in [-0.1, -0.05) is 65.8 Å². The van der Waals surface area contributed by atoms with Crippen LogP contribution in [0.3, 0.4) is 0 Å². The number of aromatic nitrogens is 7. The van der Waals surface area contributed by atoms with E-state index in [1.165, 1.54) is 11.5 Å². The fourth-order valence-electron chi connectivity index (χ4n) is 6.51. The van der Waals surface area contributed by atoms with E-state index in [-0.39, 0.29) is 0 Å². The van der Waals surface area contributed by atoms with E-state index < -0.39 is 0 Å². The average Bonchev–Trinajstić information content (AvgIpc) is 3.92. The first-order valence-corrected chi connectivity index (χ1v) is 15.4. The molecule has 0 aliphatic heterocycles. The van der Waals surface area contributed by atoms with Gasteiger partial charge in [0.05, 0.1) is 32.6 Å². The number of imidazole rings is 1. The number of hydrogen-bond donors (Lipinski definition) is 3. The lowest BCUT2D eigenvalue weighted by Gasteiger charge is -2.10. The van der Waals surface area contributed by atoms with Crippen LogP contribution < -0.4 is 0 Å². The molecule has 45 heavy (non-hydrogen) atoms. The lowest BCUT2D eigenvalue weighted by Crippen LogP contribution is -1.91. The molecule has 10 aromatic rings. The molecule has 212 valence electrons. The minimum absolute atomic E-state index is 0.717. The van der Waals surface area contributed by atoms with E-state index in [2.05, 4.69) is 57.5 Å². The van der Waals surface area contributed by atoms with Gasteiger partial charge in [0.25, 0.3) is 0 Å². The van der Waals surface area contributed by atoms with Crippen LogP contribution in [-0.4, -0.2) is 34.7 Å². The summed E-state index contributed by atoms with van der Waals surface area (Å²) in [7, 11) is 0. The lowest BCUT2D eigenvalue weighted by atomic mass is 9.92. The van der Waals surface area contributed by atoms with Gasteiger partial charge in [-0.2, -0.15) is 9.47 Å². The molecule has 9 heteroatoms. The SMILES string of the molecule is c1ccc2[nH]c(-c3ccc4[nH]c(-c5n[nH]c6ccccc56)c(-c5nsc6ccccc56)c4c3-c3noc4ccccc34)nc2c1. The van der Waals surface area contributed by atoms with Crippen molar-refractivity contribution in [1.82, 2.24) is 34.7 Å². The molecule has 0 radical (unpaired) electrons. The van der Waals surface area contributed by atoms with Crippen molar-refractivity contribution in [3.63, 3.8) is 0 Å². The van der Waals surface area contributed by atoms with E-state index in [4.69, 9.17) is 24.1 Å². The predicted octanol–water partition coefficient (Wildman–Crippen LogP) is 9.34. The van der Waals surface area contributed by atoms with Crippen molar-refractivity contribution in [2.24, 2.45) is 0 Å². The Morgan fingerprint density at radius 2 is 1.38 bits per heavy atom. The van der Waals surface area contributed by atoms with Crippen LogP contribution in [0.5, 0.6) is 0 Å². The maximum Gasteiger partial charge on any atom is 0.167 e. The average molecular weight is 600 g/mol. The van der Waals surface area contributed by atoms with Gasteiger partial charge in [0.15, 0.2) is 5.58 Å². The van der Waals surface area contributed by atoms with Gasteiger partial charge in [-0.15, -0.1) is 0 Å². The molecule has 0 saturated carbocycles. The zero-order valence-electron chi connectivity index (χ0n) is 23.5. The molecule has 0 bridgehead atoms. The molecule has 0 fully saturated rings. The largest absolute Gasteiger partial charge is 0.356 e. The summed E-state index contributed by atoms with van der Waals surface area (Å²) in [5.41, 5.74) is 10.6. The number of rotatable bonds is 4. The summed E-state index contributed by atoms with van der Waals surface area (Å²) in [5.74, 6) is 0.752. The van der Waals surface area contributed by atoms with Gasteiger partial charge >= 0.3 is 0 Å². The first-order chi connectivity index (χ1) is 22.3. The van der Waals surface area contributed by atoms with Crippen molar-refractivity contribution in [2.75, 3.05) is 0 Å². The molecule has 5 aromatic carbocycles. The zero-order chi connectivity index (χ0) is 29.5. The highest BCUT2D eigenvalue weighted by atomic mass is 32.1. The topological polar surface area (TPSA) is 112 Å². The van der Waals surface area contributed by atoms with Crippen molar-refractivity contribution < 1.29 is 4.52 Å². The van der Waals surface area contributed by atoms with Gasteiger partial charge < -0.3 is 14.5 Å². The molecule has 0 spiro atoms. The first-order valence-electron chi connectivity index (χ1n) is 14.6. The van der Waals surface area contributed by atoms with Crippen molar-refractivity contribution in [2.45, 2.75) is 0 Å². The molecule has 8 nitrogen and oxygen atoms in total. The highest BCUT2D eigenvalue weighted by molar-refractivity contribution is 7.13. The van der Waals surface area contributed by atoms with E-state index in [0.29, 0.717) is 0 Å². The Morgan fingerprint density at radius 3 is 2.29 bits per heavy atom. The number of H-pyrrole nitrogens is 3. The monoisotopic (exact) mass is 599 g/mol. The summed E-state index contributed by atoms with van der Waals surface area (Å²) in [6.07, 6.45) is 0. The van der Waals surface area contributed by atoms with Crippen LogP contribution in [0.25, 0.3) is 99.2 Å². The van der Waals surface area contributed by atoms with E-state index in [1.807, 2.05) is 66.7 Å². The summed E-state index contributed by atoms with van der Waals surface area (Å²) in [6.45, 7) is 0. The van der Waals surface area contributed by atoms with Gasteiger partial charge in [-0.3, -0.25) is 5.10 Å². The summed E-state index contributed by atoms with van der Waals surface area (Å²) in [5, 5.41) is 16.8. The van der Waals surface area contributed by atoms with Gasteiger partial charge in [-0.25, -0.2) is 4.98 Å². The molecule has 0 aliphatic carbocycles. The molecule has 0 amide bonds. The van der Waals surface area contributed by atoms with Gasteiger partial charge in [-0.05, 0) is 60.1 Å². The predicted molar refractivity (Wildman–Crippen MR) is 180 cm³/mol. The normalized spacial score (nSPS) is 12.0. The second-order valence-corrected chi connectivity index (χ2v) is 11.9. The standard InChI is InChI=1S/C36H21N7OS/c1-4-12-23-19(9-1)34(41-40-23)35-31(33-21-11-3-8-16-28(21)45-43-33)30-26(37-35)18-17-22(36-38-24-13-5-6-14-25(24)39-36)29(30)32-20-10-2-7-15-27(20)44-42-32/h1-18,37H,(H,38,39)(H,40,41). The molecule has 5 aromatic heterocycles. The fraction of sp³-hybridized carbons (Fsp3) is 0. The molecule has 0 aliphatic rings. The summed E-state index contributed by atoms with van der Waals surface area (Å²) in [6, 6.07) is 36.8. The van der Waals surface area contributed by atoms with Gasteiger partial charge in [0, 0.05) is 43.8 Å². The third kappa shape index (κ3) is 3.52. The smallest absolute Gasteiger partial charge is 0.167 e. The number of nitrogens with one attached hydrogen (secondary N) is 3. The van der Waals surface area contributed by atoms with Crippen molar-refractivity contribution in [3.05, 3.63) is 109 Å². The van der Waals surface area contributed by atoms with E-state index in [1.54, 1.807) is 0 Å². The Labute approximate surface area is 258 Å². The van der Waals surface area contributed by atoms with Crippen LogP contribution in [-0.2, 0) is 0 Å². The Morgan fingerprint density at radius 1 is 0.600 bits per heavy atom. The van der Waals surface area contributed by atoms with Gasteiger partial charge in [0.1, 0.15) is 17.2 Å². The third-order valence-corrected chi connectivity index (χ3v) is 9.37. The number of fused-ring (bicyclic) bond motifs is 5. The van der Waals surface area contributed by atoms with Crippen molar-refractivity contribution >= 4 is 65.4 Å². The number of nitrogens with zero attached hydrogens (tertiary/aromatic N) is 4. The number of para-hydroxylation sites is 4. The maximum atomic E-state index is 5.92. The molecule has 3 N–H and O–H groups in total. The second-order valence-electron chi connectivity index (χ2n) is 11.1.